The predicted molar refractivity (Wildman–Crippen MR) is 99.1 cm³/mol. The van der Waals surface area contributed by atoms with Crippen molar-refractivity contribution in [3.63, 3.8) is 0 Å². The van der Waals surface area contributed by atoms with E-state index in [2.05, 4.69) is 6.58 Å². The minimum Gasteiger partial charge on any atom is -0.297 e. The molecule has 3 aromatic carbocycles. The van der Waals surface area contributed by atoms with Gasteiger partial charge in [0.2, 0.25) is 0 Å². The van der Waals surface area contributed by atoms with Gasteiger partial charge in [-0.05, 0) is 29.8 Å². The molecule has 0 aliphatic rings. The molecule has 0 aliphatic carbocycles. The Hall–Kier alpha value is -3.13. The fraction of sp³-hybridized carbons (Fsp3) is 0.0455. The Morgan fingerprint density at radius 3 is 1.83 bits per heavy atom. The summed E-state index contributed by atoms with van der Waals surface area (Å²) in [7, 11) is 0. The van der Waals surface area contributed by atoms with Crippen LogP contribution in [0.2, 0.25) is 0 Å². The van der Waals surface area contributed by atoms with Gasteiger partial charge in [-0.15, -0.1) is 6.58 Å². The van der Waals surface area contributed by atoms with Crippen LogP contribution < -0.4 is 4.90 Å². The summed E-state index contributed by atoms with van der Waals surface area (Å²) in [6.07, 6.45) is 1.81. The average molecular weight is 313 g/mol. The second-order valence-electron chi connectivity index (χ2n) is 5.47. The lowest BCUT2D eigenvalue weighted by molar-refractivity contribution is 0.0981. The SMILES string of the molecule is C=CC(c1ccccc1)N(C(=O)c1ccccc1)c1ccccc1. The van der Waals surface area contributed by atoms with Gasteiger partial charge in [-0.2, -0.15) is 0 Å². The number of carbonyl (C=O) groups excluding carboxylic acids is 1. The number of carbonyl (C=O) groups is 1. The van der Waals surface area contributed by atoms with E-state index in [0.717, 1.165) is 11.3 Å². The van der Waals surface area contributed by atoms with Crippen molar-refractivity contribution in [3.8, 4) is 0 Å². The molecule has 3 rings (SSSR count). The fourth-order valence-electron chi connectivity index (χ4n) is 2.75. The number of para-hydroxylation sites is 1. The van der Waals surface area contributed by atoms with E-state index in [4.69, 9.17) is 0 Å². The highest BCUT2D eigenvalue weighted by molar-refractivity contribution is 6.06. The van der Waals surface area contributed by atoms with Gasteiger partial charge < -0.3 is 0 Å². The molecule has 3 aromatic rings. The van der Waals surface area contributed by atoms with Gasteiger partial charge in [0.1, 0.15) is 0 Å². The third-order valence-corrected chi connectivity index (χ3v) is 3.92. The number of hydrogen-bond acceptors (Lipinski definition) is 1. The van der Waals surface area contributed by atoms with Crippen molar-refractivity contribution in [1.82, 2.24) is 0 Å². The molecule has 24 heavy (non-hydrogen) atoms. The first-order valence-electron chi connectivity index (χ1n) is 7.92. The van der Waals surface area contributed by atoms with E-state index in [9.17, 15) is 4.79 Å². The maximum Gasteiger partial charge on any atom is 0.259 e. The molecule has 0 fully saturated rings. The second kappa shape index (κ2) is 7.42. The smallest absolute Gasteiger partial charge is 0.259 e. The highest BCUT2D eigenvalue weighted by Crippen LogP contribution is 2.29. The average Bonchev–Trinajstić information content (AvgIpc) is 2.67. The molecule has 2 nitrogen and oxygen atoms in total. The Bertz CT molecular complexity index is 797. The lowest BCUT2D eigenvalue weighted by Gasteiger charge is -2.30. The van der Waals surface area contributed by atoms with Crippen LogP contribution >= 0.6 is 0 Å². The monoisotopic (exact) mass is 313 g/mol. The predicted octanol–water partition coefficient (Wildman–Crippen LogP) is 5.26. The molecule has 0 N–H and O–H groups in total. The zero-order chi connectivity index (χ0) is 16.8. The summed E-state index contributed by atoms with van der Waals surface area (Å²) >= 11 is 0. The summed E-state index contributed by atoms with van der Waals surface area (Å²) in [5, 5.41) is 0. The third-order valence-electron chi connectivity index (χ3n) is 3.92. The summed E-state index contributed by atoms with van der Waals surface area (Å²) in [6.45, 7) is 3.97. The zero-order valence-electron chi connectivity index (χ0n) is 13.4. The minimum absolute atomic E-state index is 0.0458. The number of nitrogens with zero attached hydrogens (tertiary/aromatic N) is 1. The summed E-state index contributed by atoms with van der Waals surface area (Å²) in [5.74, 6) is -0.0458. The Labute approximate surface area is 142 Å². The van der Waals surface area contributed by atoms with E-state index < -0.39 is 0 Å². The number of benzene rings is 3. The van der Waals surface area contributed by atoms with Crippen molar-refractivity contribution in [1.29, 1.82) is 0 Å². The van der Waals surface area contributed by atoms with Gasteiger partial charge in [-0.3, -0.25) is 9.69 Å². The molecule has 0 saturated carbocycles. The first kappa shape index (κ1) is 15.8. The van der Waals surface area contributed by atoms with E-state index in [1.54, 1.807) is 4.90 Å². The van der Waals surface area contributed by atoms with Gasteiger partial charge in [0, 0.05) is 11.3 Å². The maximum absolute atomic E-state index is 13.2. The van der Waals surface area contributed by atoms with Crippen molar-refractivity contribution in [2.24, 2.45) is 0 Å². The molecule has 0 bridgehead atoms. The quantitative estimate of drug-likeness (QED) is 0.588. The highest BCUT2D eigenvalue weighted by atomic mass is 16.2. The molecular formula is C22H19NO. The van der Waals surface area contributed by atoms with Gasteiger partial charge in [0.15, 0.2) is 0 Å². The molecule has 0 aliphatic heterocycles. The van der Waals surface area contributed by atoms with E-state index >= 15 is 0 Å². The first-order chi connectivity index (χ1) is 11.8. The highest BCUT2D eigenvalue weighted by Gasteiger charge is 2.25. The van der Waals surface area contributed by atoms with Gasteiger partial charge >= 0.3 is 0 Å². The van der Waals surface area contributed by atoms with Crippen LogP contribution in [0.5, 0.6) is 0 Å². The Balaban J connectivity index is 2.08. The van der Waals surface area contributed by atoms with Crippen LogP contribution in [0.25, 0.3) is 0 Å². The number of amides is 1. The number of hydrogen-bond donors (Lipinski definition) is 0. The normalized spacial score (nSPS) is 11.5. The zero-order valence-corrected chi connectivity index (χ0v) is 13.4. The van der Waals surface area contributed by atoms with Crippen LogP contribution in [0.3, 0.4) is 0 Å². The molecule has 1 atom stereocenters. The van der Waals surface area contributed by atoms with E-state index in [-0.39, 0.29) is 11.9 Å². The summed E-state index contributed by atoms with van der Waals surface area (Å²) < 4.78 is 0. The largest absolute Gasteiger partial charge is 0.297 e. The van der Waals surface area contributed by atoms with Crippen molar-refractivity contribution >= 4 is 11.6 Å². The fourth-order valence-corrected chi connectivity index (χ4v) is 2.75. The van der Waals surface area contributed by atoms with Gasteiger partial charge in [-0.25, -0.2) is 0 Å². The topological polar surface area (TPSA) is 20.3 Å². The molecule has 0 aromatic heterocycles. The number of rotatable bonds is 5. The second-order valence-corrected chi connectivity index (χ2v) is 5.47. The van der Waals surface area contributed by atoms with Crippen molar-refractivity contribution in [3.05, 3.63) is 115 Å². The summed E-state index contributed by atoms with van der Waals surface area (Å²) in [5.41, 5.74) is 2.53. The molecule has 0 radical (unpaired) electrons. The number of anilines is 1. The molecule has 0 saturated heterocycles. The van der Waals surface area contributed by atoms with Crippen molar-refractivity contribution in [2.45, 2.75) is 6.04 Å². The van der Waals surface area contributed by atoms with Crippen LogP contribution in [0.15, 0.2) is 104 Å². The van der Waals surface area contributed by atoms with E-state index in [1.165, 1.54) is 0 Å². The molecule has 1 unspecified atom stereocenters. The minimum atomic E-state index is -0.235. The van der Waals surface area contributed by atoms with E-state index in [1.807, 2.05) is 97.1 Å². The summed E-state index contributed by atoms with van der Waals surface area (Å²) in [6, 6.07) is 28.8. The van der Waals surface area contributed by atoms with Crippen molar-refractivity contribution in [2.75, 3.05) is 4.90 Å². The van der Waals surface area contributed by atoms with Gasteiger partial charge in [-0.1, -0.05) is 72.8 Å². The van der Waals surface area contributed by atoms with Crippen LogP contribution in [0.1, 0.15) is 22.0 Å². The Kier molecular flexibility index (Phi) is 4.87. The molecule has 0 heterocycles. The van der Waals surface area contributed by atoms with Crippen LogP contribution in [0.4, 0.5) is 5.69 Å². The van der Waals surface area contributed by atoms with Crippen LogP contribution in [-0.2, 0) is 0 Å². The van der Waals surface area contributed by atoms with Crippen molar-refractivity contribution < 1.29 is 4.79 Å². The molecule has 0 spiro atoms. The van der Waals surface area contributed by atoms with Crippen LogP contribution in [-0.4, -0.2) is 5.91 Å². The first-order valence-corrected chi connectivity index (χ1v) is 7.92. The lowest BCUT2D eigenvalue weighted by Crippen LogP contribution is -2.34. The molecular weight excluding hydrogens is 294 g/mol. The summed E-state index contributed by atoms with van der Waals surface area (Å²) in [4.78, 5) is 15.0. The molecule has 118 valence electrons. The molecule has 2 heteroatoms. The Morgan fingerprint density at radius 1 is 0.792 bits per heavy atom. The molecule has 1 amide bonds. The maximum atomic E-state index is 13.2. The van der Waals surface area contributed by atoms with Crippen LogP contribution in [0, 0.1) is 0 Å². The van der Waals surface area contributed by atoms with Gasteiger partial charge in [0.05, 0.1) is 6.04 Å². The van der Waals surface area contributed by atoms with Gasteiger partial charge in [0.25, 0.3) is 5.91 Å². The third kappa shape index (κ3) is 3.28. The standard InChI is InChI=1S/C22H19NO/c1-2-21(18-12-6-3-7-13-18)23(20-16-10-5-11-17-20)22(24)19-14-8-4-9-15-19/h2-17,21H,1H2. The van der Waals surface area contributed by atoms with E-state index in [0.29, 0.717) is 5.56 Å². The Morgan fingerprint density at radius 2 is 1.29 bits per heavy atom. The lowest BCUT2D eigenvalue weighted by atomic mass is 10.0.